The maximum absolute atomic E-state index is 4.65. The number of hydrogen-bond acceptors (Lipinski definition) is 3. The van der Waals surface area contributed by atoms with Gasteiger partial charge in [0.25, 0.3) is 0 Å². The summed E-state index contributed by atoms with van der Waals surface area (Å²) in [6.45, 7) is 0. The van der Waals surface area contributed by atoms with E-state index in [9.17, 15) is 0 Å². The van der Waals surface area contributed by atoms with Crippen LogP contribution in [0.5, 0.6) is 0 Å². The number of aromatic nitrogens is 3. The van der Waals surface area contributed by atoms with Crippen molar-refractivity contribution < 1.29 is 0 Å². The molecule has 0 saturated heterocycles. The second-order valence-corrected chi connectivity index (χ2v) is 9.20. The van der Waals surface area contributed by atoms with Gasteiger partial charge >= 0.3 is 0 Å². The summed E-state index contributed by atoms with van der Waals surface area (Å²) in [5.41, 5.74) is 9.33. The minimum atomic E-state index is 0.816. The van der Waals surface area contributed by atoms with E-state index >= 15 is 0 Å². The number of rotatable bonds is 4. The highest BCUT2D eigenvalue weighted by atomic mass is 15.3. The van der Waals surface area contributed by atoms with Crippen LogP contribution < -0.4 is 4.90 Å². The zero-order chi connectivity index (χ0) is 24.6. The molecule has 0 atom stereocenters. The number of fused-ring (bicyclic) bond motifs is 2. The predicted octanol–water partition coefficient (Wildman–Crippen LogP) is 7.98. The maximum Gasteiger partial charge on any atom is 0.168 e. The summed E-state index contributed by atoms with van der Waals surface area (Å²) in [6, 6.07) is 46.5. The first-order valence-electron chi connectivity index (χ1n) is 12.5. The number of para-hydroxylation sites is 3. The third-order valence-electron chi connectivity index (χ3n) is 6.94. The van der Waals surface area contributed by atoms with E-state index in [1.54, 1.807) is 0 Å². The van der Waals surface area contributed by atoms with Gasteiger partial charge in [0.1, 0.15) is 0 Å². The van der Waals surface area contributed by atoms with Crippen molar-refractivity contribution in [2.45, 2.75) is 6.42 Å². The molecule has 0 fully saturated rings. The van der Waals surface area contributed by atoms with Gasteiger partial charge < -0.3 is 4.90 Å². The van der Waals surface area contributed by atoms with Gasteiger partial charge in [-0.1, -0.05) is 84.9 Å². The van der Waals surface area contributed by atoms with E-state index in [2.05, 4.69) is 117 Å². The van der Waals surface area contributed by atoms with Gasteiger partial charge in [-0.05, 0) is 59.7 Å². The van der Waals surface area contributed by atoms with Crippen molar-refractivity contribution in [1.29, 1.82) is 0 Å². The third-order valence-corrected chi connectivity index (χ3v) is 6.94. The lowest BCUT2D eigenvalue weighted by atomic mass is 9.95. The van der Waals surface area contributed by atoms with Crippen LogP contribution in [0.4, 0.5) is 17.1 Å². The summed E-state index contributed by atoms with van der Waals surface area (Å²) in [5, 5.41) is 9.27. The maximum atomic E-state index is 4.65. The Morgan fingerprint density at radius 1 is 0.432 bits per heavy atom. The van der Waals surface area contributed by atoms with Crippen LogP contribution >= 0.6 is 0 Å². The van der Waals surface area contributed by atoms with Crippen molar-refractivity contribution in [1.82, 2.24) is 14.8 Å². The lowest BCUT2D eigenvalue weighted by Gasteiger charge is -2.33. The van der Waals surface area contributed by atoms with Crippen molar-refractivity contribution in [2.24, 2.45) is 0 Å². The molecule has 1 aromatic heterocycles. The van der Waals surface area contributed by atoms with Crippen LogP contribution in [0, 0.1) is 0 Å². The second-order valence-electron chi connectivity index (χ2n) is 9.20. The summed E-state index contributed by atoms with van der Waals surface area (Å²) < 4.78 is 2.13. The molecule has 1 aliphatic heterocycles. The standard InChI is InChI=1S/C33H24N4/c1-3-11-24(12-4-1)32-34-35-33(37(32)28-15-5-2-6-16-28)25-19-21-29(22-20-25)36-30-17-9-7-13-26(30)23-27-14-8-10-18-31(27)36/h1-22H,23H2. The Kier molecular flexibility index (Phi) is 5.14. The highest BCUT2D eigenvalue weighted by Crippen LogP contribution is 2.44. The molecule has 4 nitrogen and oxygen atoms in total. The average Bonchev–Trinajstić information content (AvgIpc) is 3.42. The summed E-state index contributed by atoms with van der Waals surface area (Å²) >= 11 is 0. The Balaban J connectivity index is 1.34. The van der Waals surface area contributed by atoms with Crippen LogP contribution in [0.15, 0.2) is 133 Å². The molecule has 0 unspecified atom stereocenters. The molecule has 2 heterocycles. The normalized spacial score (nSPS) is 12.2. The van der Waals surface area contributed by atoms with Gasteiger partial charge in [-0.15, -0.1) is 10.2 Å². The Labute approximate surface area is 216 Å². The molecule has 0 spiro atoms. The molecule has 0 saturated carbocycles. The van der Waals surface area contributed by atoms with E-state index < -0.39 is 0 Å². The van der Waals surface area contributed by atoms with Gasteiger partial charge in [0.2, 0.25) is 0 Å². The van der Waals surface area contributed by atoms with Gasteiger partial charge in [-0.3, -0.25) is 4.57 Å². The number of benzene rings is 5. The monoisotopic (exact) mass is 476 g/mol. The Morgan fingerprint density at radius 2 is 0.919 bits per heavy atom. The summed E-state index contributed by atoms with van der Waals surface area (Å²) in [7, 11) is 0. The quantitative estimate of drug-likeness (QED) is 0.258. The molecule has 0 N–H and O–H groups in total. The lowest BCUT2D eigenvalue weighted by molar-refractivity contribution is 1.07. The van der Waals surface area contributed by atoms with Crippen LogP contribution in [0.3, 0.4) is 0 Å². The van der Waals surface area contributed by atoms with E-state index in [1.807, 2.05) is 36.4 Å². The predicted molar refractivity (Wildman–Crippen MR) is 150 cm³/mol. The molecular weight excluding hydrogens is 452 g/mol. The number of hydrogen-bond donors (Lipinski definition) is 0. The summed E-state index contributed by atoms with van der Waals surface area (Å²) in [6.07, 6.45) is 0.948. The van der Waals surface area contributed by atoms with Crippen LogP contribution in [0.25, 0.3) is 28.5 Å². The zero-order valence-electron chi connectivity index (χ0n) is 20.2. The molecule has 0 aliphatic carbocycles. The highest BCUT2D eigenvalue weighted by molar-refractivity contribution is 5.84. The van der Waals surface area contributed by atoms with Crippen molar-refractivity contribution in [3.8, 4) is 28.5 Å². The van der Waals surface area contributed by atoms with Crippen molar-refractivity contribution in [3.63, 3.8) is 0 Å². The lowest BCUT2D eigenvalue weighted by Crippen LogP contribution is -2.18. The van der Waals surface area contributed by atoms with Crippen LogP contribution in [0.2, 0.25) is 0 Å². The molecule has 5 aromatic carbocycles. The highest BCUT2D eigenvalue weighted by Gasteiger charge is 2.24. The van der Waals surface area contributed by atoms with E-state index in [0.717, 1.165) is 40.6 Å². The van der Waals surface area contributed by atoms with Gasteiger partial charge in [-0.25, -0.2) is 0 Å². The summed E-state index contributed by atoms with van der Waals surface area (Å²) in [5.74, 6) is 1.64. The fourth-order valence-corrected chi connectivity index (χ4v) is 5.20. The molecule has 7 rings (SSSR count). The largest absolute Gasteiger partial charge is 0.310 e. The van der Waals surface area contributed by atoms with Gasteiger partial charge in [-0.2, -0.15) is 0 Å². The van der Waals surface area contributed by atoms with Crippen molar-refractivity contribution in [3.05, 3.63) is 145 Å². The topological polar surface area (TPSA) is 34.0 Å². The smallest absolute Gasteiger partial charge is 0.168 e. The minimum Gasteiger partial charge on any atom is -0.310 e. The summed E-state index contributed by atoms with van der Waals surface area (Å²) in [4.78, 5) is 2.36. The molecule has 1 aliphatic rings. The SMILES string of the molecule is c1ccc(-c2nnc(-c3ccc(N4c5ccccc5Cc5ccccc54)cc3)n2-c2ccccc2)cc1. The molecule has 4 heteroatoms. The van der Waals surface area contributed by atoms with Crippen LogP contribution in [0.1, 0.15) is 11.1 Å². The van der Waals surface area contributed by atoms with Gasteiger partial charge in [0.05, 0.1) is 0 Å². The molecule has 0 radical (unpaired) electrons. The molecule has 6 aromatic rings. The van der Waals surface area contributed by atoms with Gasteiger partial charge in [0, 0.05) is 40.3 Å². The Hall–Kier alpha value is -4.96. The van der Waals surface area contributed by atoms with Gasteiger partial charge in [0.15, 0.2) is 11.6 Å². The number of nitrogens with zero attached hydrogens (tertiary/aromatic N) is 4. The second kappa shape index (κ2) is 8.92. The van der Waals surface area contributed by atoms with Crippen LogP contribution in [-0.2, 0) is 6.42 Å². The molecule has 0 amide bonds. The first kappa shape index (κ1) is 21.3. The molecule has 37 heavy (non-hydrogen) atoms. The zero-order valence-corrected chi connectivity index (χ0v) is 20.2. The fourth-order valence-electron chi connectivity index (χ4n) is 5.20. The Morgan fingerprint density at radius 3 is 1.51 bits per heavy atom. The van der Waals surface area contributed by atoms with E-state index in [0.29, 0.717) is 0 Å². The molecular formula is C33H24N4. The number of anilines is 3. The van der Waals surface area contributed by atoms with E-state index in [1.165, 1.54) is 22.5 Å². The first-order valence-corrected chi connectivity index (χ1v) is 12.5. The Bertz CT molecular complexity index is 1640. The van der Waals surface area contributed by atoms with E-state index in [4.69, 9.17) is 0 Å². The van der Waals surface area contributed by atoms with E-state index in [-0.39, 0.29) is 0 Å². The minimum absolute atomic E-state index is 0.816. The molecule has 0 bridgehead atoms. The van der Waals surface area contributed by atoms with Crippen LogP contribution in [-0.4, -0.2) is 14.8 Å². The first-order chi connectivity index (χ1) is 18.4. The third kappa shape index (κ3) is 3.71. The van der Waals surface area contributed by atoms with Crippen molar-refractivity contribution in [2.75, 3.05) is 4.90 Å². The fraction of sp³-hybridized carbons (Fsp3) is 0.0303. The van der Waals surface area contributed by atoms with Crippen molar-refractivity contribution >= 4 is 17.1 Å². The molecule has 176 valence electrons. The average molecular weight is 477 g/mol.